The van der Waals surface area contributed by atoms with Crippen molar-refractivity contribution in [3.63, 3.8) is 0 Å². The normalized spacial score (nSPS) is 10.9. The molecule has 0 atom stereocenters. The van der Waals surface area contributed by atoms with Crippen LogP contribution in [0.5, 0.6) is 5.75 Å². The molecule has 39 heavy (non-hydrogen) atoms. The highest BCUT2D eigenvalue weighted by atomic mass is 16.5. The fourth-order valence-corrected chi connectivity index (χ4v) is 4.75. The van der Waals surface area contributed by atoms with Crippen molar-refractivity contribution in [1.82, 2.24) is 0 Å². The molecule has 0 amide bonds. The van der Waals surface area contributed by atoms with Crippen molar-refractivity contribution in [1.29, 1.82) is 0 Å². The number of carbonyl (C=O) groups is 1. The van der Waals surface area contributed by atoms with Crippen molar-refractivity contribution in [3.05, 3.63) is 144 Å². The van der Waals surface area contributed by atoms with Gasteiger partial charge < -0.3 is 9.64 Å². The van der Waals surface area contributed by atoms with Crippen LogP contribution in [0.25, 0.3) is 11.1 Å². The number of esters is 1. The average Bonchev–Trinajstić information content (AvgIpc) is 2.99. The number of hydrogen-bond donors (Lipinski definition) is 0. The Morgan fingerprint density at radius 2 is 1.26 bits per heavy atom. The van der Waals surface area contributed by atoms with Crippen LogP contribution in [0.15, 0.2) is 127 Å². The van der Waals surface area contributed by atoms with Gasteiger partial charge in [-0.2, -0.15) is 0 Å². The maximum atomic E-state index is 13.0. The van der Waals surface area contributed by atoms with Gasteiger partial charge >= 0.3 is 5.97 Å². The second kappa shape index (κ2) is 11.8. The molecule has 0 saturated carbocycles. The number of ether oxygens (including phenoxy) is 1. The molecule has 0 spiro atoms. The van der Waals surface area contributed by atoms with Crippen LogP contribution >= 0.6 is 0 Å². The molecule has 0 radical (unpaired) electrons. The average molecular weight is 512 g/mol. The van der Waals surface area contributed by atoms with Crippen LogP contribution < -0.4 is 9.64 Å². The van der Waals surface area contributed by atoms with E-state index in [1.165, 1.54) is 16.7 Å². The first-order valence-electron chi connectivity index (χ1n) is 13.5. The minimum absolute atomic E-state index is 0.378. The summed E-state index contributed by atoms with van der Waals surface area (Å²) in [6.45, 7) is 6.59. The summed E-state index contributed by atoms with van der Waals surface area (Å²) < 4.78 is 5.73. The monoisotopic (exact) mass is 511 g/mol. The van der Waals surface area contributed by atoms with Crippen molar-refractivity contribution in [2.75, 3.05) is 4.90 Å². The fourth-order valence-electron chi connectivity index (χ4n) is 4.75. The van der Waals surface area contributed by atoms with Gasteiger partial charge in [-0.1, -0.05) is 87.5 Å². The molecule has 5 aromatic rings. The number of hydrogen-bond acceptors (Lipinski definition) is 3. The van der Waals surface area contributed by atoms with Gasteiger partial charge in [-0.3, -0.25) is 0 Å². The summed E-state index contributed by atoms with van der Waals surface area (Å²) in [4.78, 5) is 15.1. The summed E-state index contributed by atoms with van der Waals surface area (Å²) in [5.41, 5.74) is 8.54. The van der Waals surface area contributed by atoms with E-state index < -0.39 is 0 Å². The Morgan fingerprint density at radius 3 is 1.79 bits per heavy atom. The zero-order valence-electron chi connectivity index (χ0n) is 22.7. The van der Waals surface area contributed by atoms with Gasteiger partial charge in [0.2, 0.25) is 0 Å². The Labute approximate surface area is 231 Å². The predicted molar refractivity (Wildman–Crippen MR) is 161 cm³/mol. The highest BCUT2D eigenvalue weighted by Crippen LogP contribution is 2.34. The maximum absolute atomic E-state index is 13.0. The highest BCUT2D eigenvalue weighted by molar-refractivity contribution is 5.92. The summed E-state index contributed by atoms with van der Waals surface area (Å²) in [5.74, 6) is 0.617. The van der Waals surface area contributed by atoms with Crippen LogP contribution in [0.4, 0.5) is 17.1 Å². The molecule has 0 aromatic heterocycles. The first kappa shape index (κ1) is 26.0. The van der Waals surface area contributed by atoms with Crippen LogP contribution in [0.1, 0.15) is 48.2 Å². The van der Waals surface area contributed by atoms with Gasteiger partial charge in [-0.05, 0) is 95.3 Å². The third-order valence-corrected chi connectivity index (χ3v) is 6.95. The topological polar surface area (TPSA) is 29.5 Å². The van der Waals surface area contributed by atoms with Crippen LogP contribution in [0.2, 0.25) is 0 Å². The SMILES string of the molecule is CCc1ccc(C(C)C)cc1-c1ccc(OC(=O)c2ccc(N(c3ccccc3)c3ccccc3)cc2)cc1. The van der Waals surface area contributed by atoms with Crippen LogP contribution in [0, 0.1) is 0 Å². The van der Waals surface area contributed by atoms with Crippen LogP contribution in [-0.4, -0.2) is 5.97 Å². The number of carbonyl (C=O) groups excluding carboxylic acids is 1. The Morgan fingerprint density at radius 1 is 0.692 bits per heavy atom. The molecule has 0 fully saturated rings. The quantitative estimate of drug-likeness (QED) is 0.153. The van der Waals surface area contributed by atoms with Crippen molar-refractivity contribution in [3.8, 4) is 16.9 Å². The Bertz CT molecular complexity index is 1480. The summed E-state index contributed by atoms with van der Waals surface area (Å²) >= 11 is 0. The zero-order chi connectivity index (χ0) is 27.2. The largest absolute Gasteiger partial charge is 0.423 e. The Hall–Kier alpha value is -4.63. The highest BCUT2D eigenvalue weighted by Gasteiger charge is 2.15. The van der Waals surface area contributed by atoms with Crippen molar-refractivity contribution in [2.45, 2.75) is 33.1 Å². The maximum Gasteiger partial charge on any atom is 0.343 e. The molecule has 5 rings (SSSR count). The van der Waals surface area contributed by atoms with E-state index in [9.17, 15) is 4.79 Å². The van der Waals surface area contributed by atoms with E-state index in [1.54, 1.807) is 0 Å². The molecule has 0 saturated heterocycles. The van der Waals surface area contributed by atoms with E-state index in [-0.39, 0.29) is 5.97 Å². The number of benzene rings is 5. The van der Waals surface area contributed by atoms with E-state index in [1.807, 2.05) is 84.9 Å². The van der Waals surface area contributed by atoms with E-state index >= 15 is 0 Å². The van der Waals surface area contributed by atoms with E-state index in [0.717, 1.165) is 29.0 Å². The Kier molecular flexibility index (Phi) is 7.88. The Balaban J connectivity index is 1.34. The molecule has 0 aliphatic rings. The van der Waals surface area contributed by atoms with Crippen LogP contribution in [0.3, 0.4) is 0 Å². The molecule has 0 aliphatic heterocycles. The summed E-state index contributed by atoms with van der Waals surface area (Å²) in [7, 11) is 0. The van der Waals surface area contributed by atoms with E-state index in [2.05, 4.69) is 68.1 Å². The fraction of sp³-hybridized carbons (Fsp3) is 0.139. The predicted octanol–water partition coefficient (Wildman–Crippen LogP) is 9.73. The summed E-state index contributed by atoms with van der Waals surface area (Å²) in [6, 6.07) is 42.4. The first-order valence-corrected chi connectivity index (χ1v) is 13.5. The number of anilines is 3. The van der Waals surface area contributed by atoms with E-state index in [4.69, 9.17) is 4.74 Å². The van der Waals surface area contributed by atoms with Gasteiger partial charge in [0.15, 0.2) is 0 Å². The minimum Gasteiger partial charge on any atom is -0.423 e. The molecule has 0 bridgehead atoms. The lowest BCUT2D eigenvalue weighted by Crippen LogP contribution is -2.11. The van der Waals surface area contributed by atoms with Crippen LogP contribution in [-0.2, 0) is 6.42 Å². The number of nitrogens with zero attached hydrogens (tertiary/aromatic N) is 1. The van der Waals surface area contributed by atoms with E-state index in [0.29, 0.717) is 17.2 Å². The second-order valence-electron chi connectivity index (χ2n) is 9.89. The zero-order valence-corrected chi connectivity index (χ0v) is 22.7. The smallest absolute Gasteiger partial charge is 0.343 e. The van der Waals surface area contributed by atoms with Gasteiger partial charge in [0, 0.05) is 17.1 Å². The molecule has 5 aromatic carbocycles. The molecular weight excluding hydrogens is 478 g/mol. The molecule has 0 N–H and O–H groups in total. The lowest BCUT2D eigenvalue weighted by atomic mass is 9.92. The first-order chi connectivity index (χ1) is 19.0. The minimum atomic E-state index is -0.378. The second-order valence-corrected chi connectivity index (χ2v) is 9.89. The number of aryl methyl sites for hydroxylation is 1. The summed E-state index contributed by atoms with van der Waals surface area (Å²) in [5, 5.41) is 0. The number of para-hydroxylation sites is 2. The van der Waals surface area contributed by atoms with Gasteiger partial charge in [-0.15, -0.1) is 0 Å². The third kappa shape index (κ3) is 5.94. The molecule has 3 nitrogen and oxygen atoms in total. The van der Waals surface area contributed by atoms with Gasteiger partial charge in [-0.25, -0.2) is 4.79 Å². The standard InChI is InChI=1S/C36H33NO2/c1-4-27-15-16-30(26(2)3)25-35(27)28-19-23-34(24-20-28)39-36(38)29-17-21-33(22-18-29)37(31-11-7-5-8-12-31)32-13-9-6-10-14-32/h5-26H,4H2,1-3H3. The molecule has 194 valence electrons. The van der Waals surface area contributed by atoms with Gasteiger partial charge in [0.1, 0.15) is 5.75 Å². The third-order valence-electron chi connectivity index (χ3n) is 6.95. The van der Waals surface area contributed by atoms with Crippen molar-refractivity contribution < 1.29 is 9.53 Å². The molecule has 0 aliphatic carbocycles. The van der Waals surface area contributed by atoms with Gasteiger partial charge in [0.25, 0.3) is 0 Å². The molecule has 3 heteroatoms. The number of rotatable bonds is 8. The summed E-state index contributed by atoms with van der Waals surface area (Å²) in [6.07, 6.45) is 0.965. The van der Waals surface area contributed by atoms with Crippen molar-refractivity contribution >= 4 is 23.0 Å². The van der Waals surface area contributed by atoms with Gasteiger partial charge in [0.05, 0.1) is 5.56 Å². The molecular formula is C36H33NO2. The lowest BCUT2D eigenvalue weighted by Gasteiger charge is -2.25. The lowest BCUT2D eigenvalue weighted by molar-refractivity contribution is 0.0735. The van der Waals surface area contributed by atoms with Crippen molar-refractivity contribution in [2.24, 2.45) is 0 Å². The molecule has 0 heterocycles. The molecule has 0 unspecified atom stereocenters.